The third kappa shape index (κ3) is 5.02. The number of allylic oxidation sites excluding steroid dienone is 1. The molecule has 9 nitrogen and oxygen atoms in total. The first-order valence-corrected chi connectivity index (χ1v) is 20.0. The molecule has 4 aliphatic carbocycles. The highest BCUT2D eigenvalue weighted by Gasteiger charge is 2.72. The summed E-state index contributed by atoms with van der Waals surface area (Å²) < 4.78 is 16.1. The monoisotopic (exact) mass is 699 g/mol. The molecule has 8 rings (SSSR count). The van der Waals surface area contributed by atoms with Gasteiger partial charge in [0.25, 0.3) is 0 Å². The number of nitrogens with zero attached hydrogens (tertiary/aromatic N) is 4. The highest BCUT2D eigenvalue weighted by Crippen LogP contribution is 2.75. The van der Waals surface area contributed by atoms with Gasteiger partial charge in [-0.1, -0.05) is 60.1 Å². The van der Waals surface area contributed by atoms with Gasteiger partial charge in [0.1, 0.15) is 6.33 Å². The summed E-state index contributed by atoms with van der Waals surface area (Å²) in [6.45, 7) is 19.5. The van der Waals surface area contributed by atoms with Gasteiger partial charge in [-0.2, -0.15) is 5.10 Å². The number of ether oxygens (including phenoxy) is 2. The van der Waals surface area contributed by atoms with Gasteiger partial charge in [0.05, 0.1) is 37.9 Å². The van der Waals surface area contributed by atoms with Gasteiger partial charge in [-0.3, -0.25) is 9.78 Å². The molecule has 2 saturated heterocycles. The Hall–Kier alpha value is -2.62. The molecule has 2 aliphatic heterocycles. The summed E-state index contributed by atoms with van der Waals surface area (Å²) in [5.41, 5.74) is 1.41. The molecule has 3 saturated carbocycles. The van der Waals surface area contributed by atoms with Crippen LogP contribution in [0.2, 0.25) is 0 Å². The van der Waals surface area contributed by atoms with E-state index in [4.69, 9.17) is 19.6 Å². The zero-order valence-corrected chi connectivity index (χ0v) is 32.0. The van der Waals surface area contributed by atoms with Crippen molar-refractivity contribution in [2.45, 2.75) is 118 Å². The summed E-state index contributed by atoms with van der Waals surface area (Å²) in [5, 5.41) is 19.8. The van der Waals surface area contributed by atoms with E-state index >= 15 is 0 Å². The van der Waals surface area contributed by atoms with Crippen LogP contribution in [0.1, 0.15) is 106 Å². The quantitative estimate of drug-likeness (QED) is 0.271. The van der Waals surface area contributed by atoms with Crippen LogP contribution < -0.4 is 5.32 Å². The third-order valence-corrected chi connectivity index (χ3v) is 16.6. The standard InChI is InChI=1S/C42H61N5O4/c1-26(2)27(3)38(4)16-17-40(6)30-10-11-33-39(5)23-50-24-42(33,31(30)12-15-41(40,7)34(38)37(48)49)21-32(35(39)51-22-29-9-8-18-44-29)47-36(45-25-46-47)28-13-19-43-20-14-28/h12-14,19-20,25-27,29-30,32-35,44H,8-11,15-18,21-24H2,1-7H3,(H,48,49)/t27-,29+,30+,32-,33+,34-,35+,38-,39?,40-,41+,42+/m1/s1. The van der Waals surface area contributed by atoms with Crippen LogP contribution in [-0.4, -0.2) is 69.3 Å². The molecular formula is C42H61N5O4. The SMILES string of the molecule is CC(C)[C@@H](C)[C@@]1(C)CC[C@]2(C)[C@H]3CC[C@H]4C5(C)COC[C@@]4(C[C@@H](n4ncnc4-c4ccncc4)[C@@H]5OC[C@@H]4CCCN4)C3=CC[C@@]2(C)[C@@H]1C(=O)O. The number of hydrogen-bond acceptors (Lipinski definition) is 7. The number of hydrogen-bond donors (Lipinski definition) is 2. The van der Waals surface area contributed by atoms with Gasteiger partial charge in [-0.15, -0.1) is 0 Å². The first-order chi connectivity index (χ1) is 24.3. The largest absolute Gasteiger partial charge is 0.481 e. The predicted octanol–water partition coefficient (Wildman–Crippen LogP) is 7.61. The molecule has 4 heterocycles. The van der Waals surface area contributed by atoms with E-state index in [0.717, 1.165) is 62.9 Å². The molecule has 2 bridgehead atoms. The number of fused-ring (bicyclic) bond motifs is 3. The first kappa shape index (κ1) is 35.4. The van der Waals surface area contributed by atoms with Crippen LogP contribution in [0.4, 0.5) is 0 Å². The second kappa shape index (κ2) is 12.5. The summed E-state index contributed by atoms with van der Waals surface area (Å²) in [4.78, 5) is 22.6. The van der Waals surface area contributed by atoms with Gasteiger partial charge in [-0.05, 0) is 110 Å². The Morgan fingerprint density at radius 1 is 1.08 bits per heavy atom. The lowest BCUT2D eigenvalue weighted by molar-refractivity contribution is -0.250. The van der Waals surface area contributed by atoms with Crippen LogP contribution in [0.25, 0.3) is 11.4 Å². The minimum Gasteiger partial charge on any atom is -0.481 e. The van der Waals surface area contributed by atoms with Gasteiger partial charge in [0, 0.05) is 34.8 Å². The van der Waals surface area contributed by atoms with E-state index in [-0.39, 0.29) is 39.2 Å². The molecule has 5 fully saturated rings. The highest BCUT2D eigenvalue weighted by atomic mass is 16.5. The van der Waals surface area contributed by atoms with Gasteiger partial charge >= 0.3 is 5.97 Å². The van der Waals surface area contributed by atoms with Crippen LogP contribution in [0.5, 0.6) is 0 Å². The number of rotatable bonds is 8. The van der Waals surface area contributed by atoms with Crippen LogP contribution >= 0.6 is 0 Å². The van der Waals surface area contributed by atoms with Crippen molar-refractivity contribution in [3.8, 4) is 11.4 Å². The number of carbonyl (C=O) groups is 1. The highest BCUT2D eigenvalue weighted by molar-refractivity contribution is 5.73. The zero-order valence-electron chi connectivity index (χ0n) is 32.0. The van der Waals surface area contributed by atoms with E-state index in [1.165, 1.54) is 6.42 Å². The molecule has 0 spiro atoms. The average Bonchev–Trinajstić information content (AvgIpc) is 3.81. The van der Waals surface area contributed by atoms with Crippen molar-refractivity contribution in [2.75, 3.05) is 26.4 Å². The Labute approximate surface area is 304 Å². The normalized spacial score (nSPS) is 43.9. The number of aromatic nitrogens is 4. The molecule has 0 aromatic carbocycles. The maximum Gasteiger partial charge on any atom is 0.307 e. The van der Waals surface area contributed by atoms with Crippen molar-refractivity contribution < 1.29 is 19.4 Å². The summed E-state index contributed by atoms with van der Waals surface area (Å²) in [7, 11) is 0. The summed E-state index contributed by atoms with van der Waals surface area (Å²) in [6.07, 6.45) is 16.0. The molecule has 6 aliphatic rings. The lowest BCUT2D eigenvalue weighted by atomic mass is 9.34. The van der Waals surface area contributed by atoms with E-state index in [0.29, 0.717) is 49.5 Å². The predicted molar refractivity (Wildman–Crippen MR) is 197 cm³/mol. The molecule has 2 aromatic rings. The van der Waals surface area contributed by atoms with Crippen molar-refractivity contribution in [1.29, 1.82) is 0 Å². The molecule has 2 aromatic heterocycles. The minimum atomic E-state index is -0.611. The van der Waals surface area contributed by atoms with Crippen LogP contribution in [-0.2, 0) is 14.3 Å². The van der Waals surface area contributed by atoms with Crippen molar-refractivity contribution in [3.63, 3.8) is 0 Å². The molecule has 9 heteroatoms. The van der Waals surface area contributed by atoms with Crippen LogP contribution in [0.15, 0.2) is 42.5 Å². The fourth-order valence-electron chi connectivity index (χ4n) is 13.4. The van der Waals surface area contributed by atoms with Gasteiger partial charge in [-0.25, -0.2) is 9.67 Å². The van der Waals surface area contributed by atoms with Crippen molar-refractivity contribution in [1.82, 2.24) is 25.1 Å². The Kier molecular flexibility index (Phi) is 8.66. The molecule has 2 N–H and O–H groups in total. The van der Waals surface area contributed by atoms with Crippen molar-refractivity contribution in [2.24, 2.45) is 56.7 Å². The van der Waals surface area contributed by atoms with Gasteiger partial charge in [0.2, 0.25) is 0 Å². The number of nitrogens with one attached hydrogen (secondary N) is 1. The first-order valence-electron chi connectivity index (χ1n) is 20.0. The van der Waals surface area contributed by atoms with Crippen LogP contribution in [0, 0.1) is 56.7 Å². The number of aliphatic carboxylic acids is 1. The molecular weight excluding hydrogens is 638 g/mol. The smallest absolute Gasteiger partial charge is 0.307 e. The minimum absolute atomic E-state index is 0.0312. The molecule has 1 unspecified atom stereocenters. The van der Waals surface area contributed by atoms with Crippen LogP contribution in [0.3, 0.4) is 0 Å². The summed E-state index contributed by atoms with van der Waals surface area (Å²) >= 11 is 0. The molecule has 12 atom stereocenters. The molecule has 51 heavy (non-hydrogen) atoms. The number of pyridine rings is 1. The molecule has 278 valence electrons. The van der Waals surface area contributed by atoms with Crippen molar-refractivity contribution in [3.05, 3.63) is 42.5 Å². The lowest BCUT2D eigenvalue weighted by Gasteiger charge is -2.71. The topological polar surface area (TPSA) is 111 Å². The second-order valence-electron chi connectivity index (χ2n) is 18.9. The van der Waals surface area contributed by atoms with Crippen molar-refractivity contribution >= 4 is 5.97 Å². The fourth-order valence-corrected chi connectivity index (χ4v) is 13.4. The van der Waals surface area contributed by atoms with Gasteiger partial charge < -0.3 is 19.9 Å². The Morgan fingerprint density at radius 3 is 2.57 bits per heavy atom. The number of carboxylic acids is 1. The Balaban J connectivity index is 1.23. The summed E-state index contributed by atoms with van der Waals surface area (Å²) in [5.74, 6) is 1.31. The third-order valence-electron chi connectivity index (χ3n) is 16.6. The number of carboxylic acid groups (broad SMARTS) is 1. The van der Waals surface area contributed by atoms with E-state index in [1.54, 1.807) is 11.9 Å². The maximum atomic E-state index is 13.5. The van der Waals surface area contributed by atoms with E-state index in [9.17, 15) is 9.90 Å². The Morgan fingerprint density at radius 2 is 1.86 bits per heavy atom. The maximum absolute atomic E-state index is 13.5. The van der Waals surface area contributed by atoms with E-state index in [2.05, 4.69) is 69.5 Å². The Bertz CT molecular complexity index is 1650. The molecule has 0 radical (unpaired) electrons. The zero-order chi connectivity index (χ0) is 36.0. The second-order valence-corrected chi connectivity index (χ2v) is 18.9. The fraction of sp³-hybridized carbons (Fsp3) is 0.762. The summed E-state index contributed by atoms with van der Waals surface area (Å²) in [6, 6.07) is 4.38. The lowest BCUT2D eigenvalue weighted by Crippen LogP contribution is -2.69. The van der Waals surface area contributed by atoms with Gasteiger partial charge in [0.15, 0.2) is 5.82 Å². The average molecular weight is 700 g/mol. The van der Waals surface area contributed by atoms with E-state index in [1.807, 2.05) is 24.5 Å². The van der Waals surface area contributed by atoms with E-state index < -0.39 is 11.9 Å². The molecule has 0 amide bonds.